The van der Waals surface area contributed by atoms with E-state index in [-0.39, 0.29) is 34.3 Å². The average molecular weight is 462 g/mol. The van der Waals surface area contributed by atoms with E-state index >= 15 is 0 Å². The van der Waals surface area contributed by atoms with Crippen LogP contribution >= 0.6 is 0 Å². The number of carbonyl (C=O) groups excluding carboxylic acids is 1. The maximum atomic E-state index is 13.3. The van der Waals surface area contributed by atoms with Gasteiger partial charge in [0.2, 0.25) is 0 Å². The largest absolute Gasteiger partial charge is 0.495 e. The minimum absolute atomic E-state index is 0.0181. The van der Waals surface area contributed by atoms with Crippen LogP contribution in [0.2, 0.25) is 0 Å². The third-order valence-electron chi connectivity index (χ3n) is 5.56. The van der Waals surface area contributed by atoms with Gasteiger partial charge in [0.1, 0.15) is 17.6 Å². The van der Waals surface area contributed by atoms with Gasteiger partial charge in [0.05, 0.1) is 29.5 Å². The molecule has 0 atom stereocenters. The highest BCUT2D eigenvalue weighted by Gasteiger charge is 2.27. The van der Waals surface area contributed by atoms with E-state index in [2.05, 4.69) is 10.3 Å². The van der Waals surface area contributed by atoms with Gasteiger partial charge in [-0.3, -0.25) is 9.78 Å². The lowest BCUT2D eigenvalue weighted by Crippen LogP contribution is -2.35. The molecule has 0 unspecified atom stereocenters. The number of sulfone groups is 1. The van der Waals surface area contributed by atoms with Crippen LogP contribution in [0.4, 0.5) is 0 Å². The first-order chi connectivity index (χ1) is 15.2. The van der Waals surface area contributed by atoms with E-state index in [4.69, 9.17) is 9.47 Å². The maximum absolute atomic E-state index is 13.3. The molecule has 0 saturated carbocycles. The van der Waals surface area contributed by atoms with Crippen LogP contribution in [0.5, 0.6) is 11.5 Å². The average Bonchev–Trinajstić information content (AvgIpc) is 2.78. The lowest BCUT2D eigenvalue weighted by molar-refractivity contribution is 0.0749. The Morgan fingerprint density at radius 2 is 1.91 bits per heavy atom. The minimum Gasteiger partial charge on any atom is -0.495 e. The second-order valence-electron chi connectivity index (χ2n) is 8.23. The van der Waals surface area contributed by atoms with Gasteiger partial charge in [-0.25, -0.2) is 8.42 Å². The van der Waals surface area contributed by atoms with Crippen LogP contribution in [-0.2, 0) is 15.6 Å². The van der Waals surface area contributed by atoms with Gasteiger partial charge in [0.15, 0.2) is 9.84 Å². The van der Waals surface area contributed by atoms with Crippen LogP contribution in [0.3, 0.4) is 0 Å². The molecule has 2 aromatic rings. The van der Waals surface area contributed by atoms with Gasteiger partial charge < -0.3 is 19.7 Å². The van der Waals surface area contributed by atoms with E-state index in [1.54, 1.807) is 25.2 Å². The molecule has 8 nitrogen and oxygen atoms in total. The summed E-state index contributed by atoms with van der Waals surface area (Å²) < 4.78 is 37.9. The molecule has 3 rings (SSSR count). The summed E-state index contributed by atoms with van der Waals surface area (Å²) in [7, 11) is -0.674. The number of methoxy groups -OCH3 is 1. The highest BCUT2D eigenvalue weighted by atomic mass is 32.2. The van der Waals surface area contributed by atoms with Crippen LogP contribution in [0.25, 0.3) is 0 Å². The molecule has 32 heavy (non-hydrogen) atoms. The van der Waals surface area contributed by atoms with E-state index in [0.29, 0.717) is 17.1 Å². The first kappa shape index (κ1) is 24.0. The number of ether oxygens (including phenoxy) is 2. The lowest BCUT2D eigenvalue weighted by Gasteiger charge is -2.26. The molecule has 1 aliphatic heterocycles. The Labute approximate surface area is 189 Å². The van der Waals surface area contributed by atoms with E-state index in [1.807, 2.05) is 13.8 Å². The predicted octanol–water partition coefficient (Wildman–Crippen LogP) is 2.68. The van der Waals surface area contributed by atoms with Crippen molar-refractivity contribution in [2.75, 3.05) is 27.2 Å². The number of nitrogens with zero attached hydrogens (tertiary/aromatic N) is 2. The first-order valence-electron chi connectivity index (χ1n) is 10.7. The normalized spacial score (nSPS) is 14.9. The SMILES string of the molecule is COc1cncc(CS(=O)(=O)c2ccc(OC3CCNCC3)cc2C(=O)N(C)C(C)C)c1. The van der Waals surface area contributed by atoms with Gasteiger partial charge in [0.25, 0.3) is 5.91 Å². The molecule has 1 amide bonds. The molecule has 0 radical (unpaired) electrons. The topological polar surface area (TPSA) is 97.8 Å². The second-order valence-corrected chi connectivity index (χ2v) is 10.2. The standard InChI is InChI=1S/C23H31N3O5S/c1-16(2)26(3)23(27)21-12-19(31-18-7-9-24-10-8-18)5-6-22(21)32(28,29)15-17-11-20(30-4)14-25-13-17/h5-6,11-14,16,18,24H,7-10,15H2,1-4H3. The number of amides is 1. The van der Waals surface area contributed by atoms with Gasteiger partial charge in [-0.05, 0) is 69.6 Å². The number of carbonyl (C=O) groups is 1. The molecular formula is C23H31N3O5S. The Morgan fingerprint density at radius 1 is 1.19 bits per heavy atom. The van der Waals surface area contributed by atoms with Crippen LogP contribution in [-0.4, -0.2) is 63.6 Å². The molecule has 1 aliphatic rings. The summed E-state index contributed by atoms with van der Waals surface area (Å²) in [5.41, 5.74) is 0.596. The highest BCUT2D eigenvalue weighted by Crippen LogP contribution is 2.28. The number of benzene rings is 1. The molecule has 9 heteroatoms. The number of rotatable bonds is 8. The van der Waals surface area contributed by atoms with Crippen LogP contribution < -0.4 is 14.8 Å². The second kappa shape index (κ2) is 10.3. The fourth-order valence-corrected chi connectivity index (χ4v) is 5.01. The summed E-state index contributed by atoms with van der Waals surface area (Å²) in [4.78, 5) is 18.8. The van der Waals surface area contributed by atoms with Crippen molar-refractivity contribution in [2.45, 2.75) is 49.5 Å². The first-order valence-corrected chi connectivity index (χ1v) is 12.4. The Kier molecular flexibility index (Phi) is 7.73. The fourth-order valence-electron chi connectivity index (χ4n) is 3.50. The van der Waals surface area contributed by atoms with E-state index in [0.717, 1.165) is 25.9 Å². The molecule has 0 aliphatic carbocycles. The zero-order valence-corrected chi connectivity index (χ0v) is 19.8. The van der Waals surface area contributed by atoms with E-state index in [9.17, 15) is 13.2 Å². The highest BCUT2D eigenvalue weighted by molar-refractivity contribution is 7.90. The molecule has 1 fully saturated rings. The van der Waals surface area contributed by atoms with Crippen LogP contribution in [0, 0.1) is 0 Å². The summed E-state index contributed by atoms with van der Waals surface area (Å²) in [6, 6.07) is 6.20. The number of aromatic nitrogens is 1. The van der Waals surface area contributed by atoms with Gasteiger partial charge in [-0.2, -0.15) is 0 Å². The smallest absolute Gasteiger partial charge is 0.255 e. The maximum Gasteiger partial charge on any atom is 0.255 e. The molecule has 1 N–H and O–H groups in total. The molecule has 0 bridgehead atoms. The summed E-state index contributed by atoms with van der Waals surface area (Å²) >= 11 is 0. The molecular weight excluding hydrogens is 430 g/mol. The third kappa shape index (κ3) is 5.77. The van der Waals surface area contributed by atoms with Crippen LogP contribution in [0.1, 0.15) is 42.6 Å². The van der Waals surface area contributed by atoms with Crippen molar-refractivity contribution in [3.05, 3.63) is 47.8 Å². The van der Waals surface area contributed by atoms with Gasteiger partial charge in [0, 0.05) is 19.3 Å². The van der Waals surface area contributed by atoms with Crippen molar-refractivity contribution < 1.29 is 22.7 Å². The van der Waals surface area contributed by atoms with Crippen molar-refractivity contribution in [1.82, 2.24) is 15.2 Å². The predicted molar refractivity (Wildman–Crippen MR) is 122 cm³/mol. The van der Waals surface area contributed by atoms with Gasteiger partial charge >= 0.3 is 0 Å². The number of piperidine rings is 1. The molecule has 2 heterocycles. The Morgan fingerprint density at radius 3 is 2.56 bits per heavy atom. The van der Waals surface area contributed by atoms with Crippen molar-refractivity contribution in [3.63, 3.8) is 0 Å². The number of pyridine rings is 1. The number of hydrogen-bond donors (Lipinski definition) is 1. The van der Waals surface area contributed by atoms with Gasteiger partial charge in [-0.15, -0.1) is 0 Å². The van der Waals surface area contributed by atoms with Gasteiger partial charge in [-0.1, -0.05) is 0 Å². The minimum atomic E-state index is -3.83. The quantitative estimate of drug-likeness (QED) is 0.645. The summed E-state index contributed by atoms with van der Waals surface area (Å²) in [6.07, 6.45) is 4.75. The van der Waals surface area contributed by atoms with E-state index < -0.39 is 9.84 Å². The molecule has 1 aromatic carbocycles. The van der Waals surface area contributed by atoms with Crippen molar-refractivity contribution in [1.29, 1.82) is 0 Å². The molecule has 1 aromatic heterocycles. The Hall–Kier alpha value is -2.65. The van der Waals surface area contributed by atoms with Crippen LogP contribution in [0.15, 0.2) is 41.6 Å². The van der Waals surface area contributed by atoms with Crippen molar-refractivity contribution >= 4 is 15.7 Å². The van der Waals surface area contributed by atoms with E-state index in [1.165, 1.54) is 30.5 Å². The van der Waals surface area contributed by atoms with Crippen molar-refractivity contribution in [2.24, 2.45) is 0 Å². The summed E-state index contributed by atoms with van der Waals surface area (Å²) in [5, 5.41) is 3.28. The zero-order valence-electron chi connectivity index (χ0n) is 19.0. The molecule has 174 valence electrons. The van der Waals surface area contributed by atoms with Crippen molar-refractivity contribution in [3.8, 4) is 11.5 Å². The Bertz CT molecular complexity index is 1050. The fraction of sp³-hybridized carbons (Fsp3) is 0.478. The summed E-state index contributed by atoms with van der Waals surface area (Å²) in [6.45, 7) is 5.49. The monoisotopic (exact) mass is 461 g/mol. The molecule has 0 spiro atoms. The Balaban J connectivity index is 1.97. The summed E-state index contributed by atoms with van der Waals surface area (Å²) in [5.74, 6) is 0.314. The third-order valence-corrected chi connectivity index (χ3v) is 7.30. The number of hydrogen-bond acceptors (Lipinski definition) is 7. The molecule has 1 saturated heterocycles. The lowest BCUT2D eigenvalue weighted by atomic mass is 10.1. The number of nitrogens with one attached hydrogen (secondary N) is 1. The zero-order chi connectivity index (χ0) is 23.3.